The normalized spacial score (nSPS) is 10.4. The van der Waals surface area contributed by atoms with Crippen molar-refractivity contribution in [3.63, 3.8) is 0 Å². The molecule has 0 radical (unpaired) electrons. The summed E-state index contributed by atoms with van der Waals surface area (Å²) >= 11 is 0. The predicted molar refractivity (Wildman–Crippen MR) is 86.3 cm³/mol. The highest BCUT2D eigenvalue weighted by Crippen LogP contribution is 2.19. The molecular weight excluding hydrogens is 278 g/mol. The molecule has 2 aromatic carbocycles. The number of hydrogen-bond acceptors (Lipinski definition) is 3. The van der Waals surface area contributed by atoms with Crippen LogP contribution in [0.25, 0.3) is 0 Å². The van der Waals surface area contributed by atoms with E-state index in [1.54, 1.807) is 24.3 Å². The summed E-state index contributed by atoms with van der Waals surface area (Å²) in [4.78, 5) is 23.6. The van der Waals surface area contributed by atoms with Gasteiger partial charge in [-0.3, -0.25) is 4.79 Å². The van der Waals surface area contributed by atoms with Crippen LogP contribution in [0.15, 0.2) is 48.5 Å². The van der Waals surface area contributed by atoms with E-state index in [9.17, 15) is 9.59 Å². The summed E-state index contributed by atoms with van der Waals surface area (Å²) in [7, 11) is 1.32. The fourth-order valence-electron chi connectivity index (χ4n) is 2.05. The number of rotatable bonds is 4. The Hall–Kier alpha value is -2.62. The van der Waals surface area contributed by atoms with Crippen molar-refractivity contribution >= 4 is 17.6 Å². The minimum atomic E-state index is -0.420. The quantitative estimate of drug-likeness (QED) is 0.872. The molecule has 0 aliphatic carbocycles. The lowest BCUT2D eigenvalue weighted by Crippen LogP contribution is -2.12. The van der Waals surface area contributed by atoms with Gasteiger partial charge in [0, 0.05) is 11.3 Å². The highest BCUT2D eigenvalue weighted by molar-refractivity contribution is 6.04. The summed E-state index contributed by atoms with van der Waals surface area (Å²) < 4.78 is 4.63. The maximum atomic E-state index is 12.2. The molecule has 2 rings (SSSR count). The van der Waals surface area contributed by atoms with Crippen molar-refractivity contribution in [2.45, 2.75) is 19.8 Å². The lowest BCUT2D eigenvalue weighted by atomic mass is 10.0. The molecule has 0 bridgehead atoms. The van der Waals surface area contributed by atoms with Crippen LogP contribution in [0.2, 0.25) is 0 Å². The number of anilines is 1. The Balaban J connectivity index is 2.12. The van der Waals surface area contributed by atoms with Gasteiger partial charge in [0.1, 0.15) is 0 Å². The third-order valence-electron chi connectivity index (χ3n) is 3.38. The molecule has 0 atom stereocenters. The van der Waals surface area contributed by atoms with Crippen molar-refractivity contribution in [1.29, 1.82) is 0 Å². The molecule has 0 fully saturated rings. The van der Waals surface area contributed by atoms with E-state index in [0.717, 1.165) is 5.69 Å². The van der Waals surface area contributed by atoms with E-state index in [0.29, 0.717) is 17.0 Å². The van der Waals surface area contributed by atoms with E-state index in [1.165, 1.54) is 12.7 Å². The number of ether oxygens (including phenoxy) is 1. The second-order valence-electron chi connectivity index (χ2n) is 5.30. The van der Waals surface area contributed by atoms with Crippen LogP contribution in [-0.2, 0) is 4.74 Å². The molecule has 0 unspecified atom stereocenters. The third-order valence-corrected chi connectivity index (χ3v) is 3.38. The van der Waals surface area contributed by atoms with Crippen LogP contribution in [0, 0.1) is 0 Å². The van der Waals surface area contributed by atoms with E-state index in [1.807, 2.05) is 24.3 Å². The number of amides is 1. The van der Waals surface area contributed by atoms with Gasteiger partial charge >= 0.3 is 5.97 Å². The molecule has 0 spiro atoms. The molecule has 2 aromatic rings. The van der Waals surface area contributed by atoms with Crippen LogP contribution in [0.1, 0.15) is 46.0 Å². The van der Waals surface area contributed by atoms with Gasteiger partial charge in [-0.1, -0.05) is 26.0 Å². The molecule has 0 heterocycles. The van der Waals surface area contributed by atoms with Gasteiger partial charge in [-0.2, -0.15) is 0 Å². The van der Waals surface area contributed by atoms with Crippen LogP contribution < -0.4 is 5.32 Å². The largest absolute Gasteiger partial charge is 0.465 e. The molecule has 0 aromatic heterocycles. The van der Waals surface area contributed by atoms with Crippen LogP contribution in [0.5, 0.6) is 0 Å². The molecule has 22 heavy (non-hydrogen) atoms. The highest BCUT2D eigenvalue weighted by Gasteiger charge is 2.09. The Morgan fingerprint density at radius 3 is 2.23 bits per heavy atom. The van der Waals surface area contributed by atoms with Crippen molar-refractivity contribution in [2.75, 3.05) is 12.4 Å². The number of hydrogen-bond donors (Lipinski definition) is 1. The topological polar surface area (TPSA) is 55.4 Å². The molecular formula is C18H19NO3. The second-order valence-corrected chi connectivity index (χ2v) is 5.30. The van der Waals surface area contributed by atoms with E-state index in [2.05, 4.69) is 23.9 Å². The summed E-state index contributed by atoms with van der Waals surface area (Å²) in [5.74, 6) is -0.231. The Morgan fingerprint density at radius 2 is 1.64 bits per heavy atom. The fraction of sp³-hybridized carbons (Fsp3) is 0.222. The number of methoxy groups -OCH3 is 1. The average molecular weight is 297 g/mol. The van der Waals surface area contributed by atoms with Gasteiger partial charge in [0.05, 0.1) is 12.7 Å². The lowest BCUT2D eigenvalue weighted by Gasteiger charge is -2.10. The maximum Gasteiger partial charge on any atom is 0.337 e. The fourth-order valence-corrected chi connectivity index (χ4v) is 2.05. The first kappa shape index (κ1) is 15.8. The Morgan fingerprint density at radius 1 is 1.00 bits per heavy atom. The zero-order valence-corrected chi connectivity index (χ0v) is 12.9. The first-order chi connectivity index (χ1) is 10.5. The van der Waals surface area contributed by atoms with Crippen LogP contribution in [-0.4, -0.2) is 19.0 Å². The third kappa shape index (κ3) is 3.73. The summed E-state index contributed by atoms with van der Waals surface area (Å²) in [6.45, 7) is 4.21. The summed E-state index contributed by atoms with van der Waals surface area (Å²) in [5, 5.41) is 2.86. The molecule has 114 valence electrons. The minimum Gasteiger partial charge on any atom is -0.465 e. The Bertz CT molecular complexity index is 675. The van der Waals surface area contributed by atoms with Crippen molar-refractivity contribution < 1.29 is 14.3 Å². The van der Waals surface area contributed by atoms with Gasteiger partial charge in [-0.25, -0.2) is 4.79 Å². The average Bonchev–Trinajstić information content (AvgIpc) is 2.54. The second kappa shape index (κ2) is 6.89. The van der Waals surface area contributed by atoms with E-state index in [4.69, 9.17) is 0 Å². The van der Waals surface area contributed by atoms with Crippen molar-refractivity contribution in [3.8, 4) is 0 Å². The van der Waals surface area contributed by atoms with E-state index >= 15 is 0 Å². The number of benzene rings is 2. The molecule has 0 aliphatic heterocycles. The van der Waals surface area contributed by atoms with Gasteiger partial charge in [-0.05, 0) is 47.9 Å². The number of carbonyl (C=O) groups is 2. The molecule has 0 aliphatic rings. The maximum absolute atomic E-state index is 12.2. The lowest BCUT2D eigenvalue weighted by molar-refractivity contribution is 0.0600. The Kier molecular flexibility index (Phi) is 4.94. The van der Waals surface area contributed by atoms with Gasteiger partial charge in [-0.15, -0.1) is 0 Å². The summed E-state index contributed by atoms with van der Waals surface area (Å²) in [5.41, 5.74) is 2.83. The zero-order valence-electron chi connectivity index (χ0n) is 12.9. The molecule has 0 saturated heterocycles. The van der Waals surface area contributed by atoms with Gasteiger partial charge < -0.3 is 10.1 Å². The predicted octanol–water partition coefficient (Wildman–Crippen LogP) is 3.85. The smallest absolute Gasteiger partial charge is 0.337 e. The van der Waals surface area contributed by atoms with Crippen LogP contribution >= 0.6 is 0 Å². The number of esters is 1. The zero-order chi connectivity index (χ0) is 16.1. The molecule has 1 N–H and O–H groups in total. The first-order valence-electron chi connectivity index (χ1n) is 7.11. The van der Waals surface area contributed by atoms with Crippen molar-refractivity contribution in [1.82, 2.24) is 0 Å². The monoisotopic (exact) mass is 297 g/mol. The van der Waals surface area contributed by atoms with E-state index in [-0.39, 0.29) is 5.91 Å². The molecule has 4 heteroatoms. The Labute approximate surface area is 130 Å². The van der Waals surface area contributed by atoms with Gasteiger partial charge in [0.25, 0.3) is 5.91 Å². The number of nitrogens with one attached hydrogen (secondary N) is 1. The van der Waals surface area contributed by atoms with Crippen LogP contribution in [0.3, 0.4) is 0 Å². The van der Waals surface area contributed by atoms with E-state index < -0.39 is 5.97 Å². The summed E-state index contributed by atoms with van der Waals surface area (Å²) in [6, 6.07) is 14.1. The standard InChI is InChI=1S/C18H19NO3/c1-12(2)15-5-4-6-16(11-15)19-17(20)13-7-9-14(10-8-13)18(21)22-3/h4-12H,1-3H3,(H,19,20). The SMILES string of the molecule is COC(=O)c1ccc(C(=O)Nc2cccc(C(C)C)c2)cc1. The van der Waals surface area contributed by atoms with Crippen molar-refractivity contribution in [2.24, 2.45) is 0 Å². The minimum absolute atomic E-state index is 0.211. The van der Waals surface area contributed by atoms with Crippen molar-refractivity contribution in [3.05, 3.63) is 65.2 Å². The van der Waals surface area contributed by atoms with Crippen LogP contribution in [0.4, 0.5) is 5.69 Å². The molecule has 4 nitrogen and oxygen atoms in total. The molecule has 0 saturated carbocycles. The summed E-state index contributed by atoms with van der Waals surface area (Å²) in [6.07, 6.45) is 0. The number of carbonyl (C=O) groups excluding carboxylic acids is 2. The highest BCUT2D eigenvalue weighted by atomic mass is 16.5. The van der Waals surface area contributed by atoms with Gasteiger partial charge in [0.15, 0.2) is 0 Å². The van der Waals surface area contributed by atoms with Gasteiger partial charge in [0.2, 0.25) is 0 Å². The molecule has 1 amide bonds. The first-order valence-corrected chi connectivity index (χ1v) is 7.11.